The molecule has 2 aliphatic rings. The number of hydrogen-bond acceptors (Lipinski definition) is 2. The van der Waals surface area contributed by atoms with E-state index in [1.807, 2.05) is 0 Å². The van der Waals surface area contributed by atoms with E-state index in [4.69, 9.17) is 5.26 Å². The standard InChI is InChI=1S/C11H18N2/c1-9-4-5-13(8-9)11-3-2-10(6-11)7-12/h9-11H,2-6,8H2,1H3. The minimum absolute atomic E-state index is 0.348. The van der Waals surface area contributed by atoms with Gasteiger partial charge in [-0.25, -0.2) is 0 Å². The second-order valence-corrected chi connectivity index (χ2v) is 4.68. The number of hydrogen-bond donors (Lipinski definition) is 0. The SMILES string of the molecule is CC1CCN(C2CCC(C#N)C2)C1. The van der Waals surface area contributed by atoms with Crippen molar-refractivity contribution in [3.8, 4) is 6.07 Å². The van der Waals surface area contributed by atoms with Gasteiger partial charge in [0.1, 0.15) is 0 Å². The molecule has 3 atom stereocenters. The van der Waals surface area contributed by atoms with Crippen molar-refractivity contribution in [3.05, 3.63) is 0 Å². The molecule has 3 unspecified atom stereocenters. The van der Waals surface area contributed by atoms with Crippen molar-refractivity contribution < 1.29 is 0 Å². The molecule has 1 aliphatic heterocycles. The summed E-state index contributed by atoms with van der Waals surface area (Å²) in [5.41, 5.74) is 0. The molecular weight excluding hydrogens is 160 g/mol. The summed E-state index contributed by atoms with van der Waals surface area (Å²) < 4.78 is 0. The minimum atomic E-state index is 0.348. The normalized spacial score (nSPS) is 40.8. The van der Waals surface area contributed by atoms with Crippen molar-refractivity contribution >= 4 is 0 Å². The van der Waals surface area contributed by atoms with Crippen molar-refractivity contribution in [2.75, 3.05) is 13.1 Å². The zero-order valence-corrected chi connectivity index (χ0v) is 8.37. The third-order valence-corrected chi connectivity index (χ3v) is 3.56. The van der Waals surface area contributed by atoms with E-state index < -0.39 is 0 Å². The fourth-order valence-corrected chi connectivity index (χ4v) is 2.71. The summed E-state index contributed by atoms with van der Waals surface area (Å²) in [5.74, 6) is 1.22. The fourth-order valence-electron chi connectivity index (χ4n) is 2.71. The van der Waals surface area contributed by atoms with Crippen LogP contribution in [0.4, 0.5) is 0 Å². The highest BCUT2D eigenvalue weighted by molar-refractivity contribution is 4.94. The Balaban J connectivity index is 1.86. The molecule has 0 aromatic carbocycles. The fraction of sp³-hybridized carbons (Fsp3) is 0.909. The second-order valence-electron chi connectivity index (χ2n) is 4.68. The first-order valence-corrected chi connectivity index (χ1v) is 5.43. The van der Waals surface area contributed by atoms with Gasteiger partial charge in [-0.2, -0.15) is 5.26 Å². The van der Waals surface area contributed by atoms with Gasteiger partial charge in [0.25, 0.3) is 0 Å². The van der Waals surface area contributed by atoms with Crippen LogP contribution >= 0.6 is 0 Å². The van der Waals surface area contributed by atoms with Crippen molar-refractivity contribution in [3.63, 3.8) is 0 Å². The molecule has 1 saturated carbocycles. The molecule has 0 N–H and O–H groups in total. The lowest BCUT2D eigenvalue weighted by atomic mass is 10.1. The molecule has 0 aromatic heterocycles. The molecule has 2 fully saturated rings. The summed E-state index contributed by atoms with van der Waals surface area (Å²) in [4.78, 5) is 2.60. The first-order chi connectivity index (χ1) is 6.29. The molecule has 2 nitrogen and oxygen atoms in total. The zero-order valence-electron chi connectivity index (χ0n) is 8.37. The van der Waals surface area contributed by atoms with E-state index in [2.05, 4.69) is 17.9 Å². The number of nitriles is 1. The van der Waals surface area contributed by atoms with Crippen molar-refractivity contribution in [1.29, 1.82) is 5.26 Å². The van der Waals surface area contributed by atoms with Crippen LogP contribution in [0.25, 0.3) is 0 Å². The topological polar surface area (TPSA) is 27.0 Å². The van der Waals surface area contributed by atoms with E-state index in [1.54, 1.807) is 0 Å². The molecule has 1 saturated heterocycles. The maximum absolute atomic E-state index is 8.81. The molecule has 2 heteroatoms. The first-order valence-electron chi connectivity index (χ1n) is 5.43. The van der Waals surface area contributed by atoms with Gasteiger partial charge in [0.05, 0.1) is 6.07 Å². The summed E-state index contributed by atoms with van der Waals surface area (Å²) in [6.45, 7) is 4.86. The van der Waals surface area contributed by atoms with Gasteiger partial charge in [0.2, 0.25) is 0 Å². The second kappa shape index (κ2) is 3.67. The van der Waals surface area contributed by atoms with Crippen LogP contribution in [0.1, 0.15) is 32.6 Å². The quantitative estimate of drug-likeness (QED) is 0.614. The van der Waals surface area contributed by atoms with Crippen molar-refractivity contribution in [1.82, 2.24) is 4.90 Å². The van der Waals surface area contributed by atoms with Gasteiger partial charge in [-0.15, -0.1) is 0 Å². The third kappa shape index (κ3) is 1.86. The largest absolute Gasteiger partial charge is 0.300 e. The van der Waals surface area contributed by atoms with Crippen LogP contribution in [0.15, 0.2) is 0 Å². The molecule has 0 bridgehead atoms. The highest BCUT2D eigenvalue weighted by Crippen LogP contribution is 2.31. The predicted molar refractivity (Wildman–Crippen MR) is 52.1 cm³/mol. The summed E-state index contributed by atoms with van der Waals surface area (Å²) in [6.07, 6.45) is 4.87. The maximum Gasteiger partial charge on any atom is 0.0656 e. The first kappa shape index (κ1) is 9.02. The van der Waals surface area contributed by atoms with Gasteiger partial charge in [-0.1, -0.05) is 6.92 Å². The van der Waals surface area contributed by atoms with E-state index >= 15 is 0 Å². The smallest absolute Gasteiger partial charge is 0.0656 e. The van der Waals surface area contributed by atoms with E-state index in [9.17, 15) is 0 Å². The van der Waals surface area contributed by atoms with Crippen LogP contribution in [0, 0.1) is 23.2 Å². The van der Waals surface area contributed by atoms with E-state index in [0.717, 1.165) is 24.8 Å². The van der Waals surface area contributed by atoms with Crippen LogP contribution in [0.2, 0.25) is 0 Å². The summed E-state index contributed by atoms with van der Waals surface area (Å²) in [7, 11) is 0. The Morgan fingerprint density at radius 3 is 2.69 bits per heavy atom. The number of likely N-dealkylation sites (tertiary alicyclic amines) is 1. The number of rotatable bonds is 1. The Morgan fingerprint density at radius 1 is 1.31 bits per heavy atom. The van der Waals surface area contributed by atoms with Gasteiger partial charge in [0.15, 0.2) is 0 Å². The molecule has 1 aliphatic carbocycles. The van der Waals surface area contributed by atoms with Crippen molar-refractivity contribution in [2.24, 2.45) is 11.8 Å². The molecule has 0 radical (unpaired) electrons. The van der Waals surface area contributed by atoms with Gasteiger partial charge < -0.3 is 4.90 Å². The average Bonchev–Trinajstić information content (AvgIpc) is 2.71. The Kier molecular flexibility index (Phi) is 2.55. The Bertz CT molecular complexity index is 219. The average molecular weight is 178 g/mol. The van der Waals surface area contributed by atoms with Crippen LogP contribution in [-0.4, -0.2) is 24.0 Å². The molecule has 0 aromatic rings. The van der Waals surface area contributed by atoms with E-state index in [-0.39, 0.29) is 0 Å². The lowest BCUT2D eigenvalue weighted by Crippen LogP contribution is -2.31. The summed E-state index contributed by atoms with van der Waals surface area (Å²) >= 11 is 0. The molecule has 0 spiro atoms. The van der Waals surface area contributed by atoms with Crippen LogP contribution in [0.3, 0.4) is 0 Å². The Morgan fingerprint density at radius 2 is 2.15 bits per heavy atom. The van der Waals surface area contributed by atoms with Crippen molar-refractivity contribution in [2.45, 2.75) is 38.6 Å². The molecule has 13 heavy (non-hydrogen) atoms. The highest BCUT2D eigenvalue weighted by Gasteiger charge is 2.32. The lowest BCUT2D eigenvalue weighted by Gasteiger charge is -2.23. The van der Waals surface area contributed by atoms with Gasteiger partial charge in [-0.3, -0.25) is 0 Å². The molecule has 72 valence electrons. The molecule has 1 heterocycles. The maximum atomic E-state index is 8.81. The lowest BCUT2D eigenvalue weighted by molar-refractivity contribution is 0.237. The third-order valence-electron chi connectivity index (χ3n) is 3.56. The summed E-state index contributed by atoms with van der Waals surface area (Å²) in [5, 5.41) is 8.81. The monoisotopic (exact) mass is 178 g/mol. The van der Waals surface area contributed by atoms with Crippen LogP contribution in [-0.2, 0) is 0 Å². The van der Waals surface area contributed by atoms with Crippen LogP contribution < -0.4 is 0 Å². The molecular formula is C11H18N2. The summed E-state index contributed by atoms with van der Waals surface area (Å²) in [6, 6.07) is 3.13. The number of nitrogens with zero attached hydrogens (tertiary/aromatic N) is 2. The Hall–Kier alpha value is -0.550. The van der Waals surface area contributed by atoms with Gasteiger partial charge in [0, 0.05) is 18.5 Å². The van der Waals surface area contributed by atoms with Crippen LogP contribution in [0.5, 0.6) is 0 Å². The Labute approximate surface area is 80.5 Å². The van der Waals surface area contributed by atoms with Gasteiger partial charge in [-0.05, 0) is 38.1 Å². The highest BCUT2D eigenvalue weighted by atomic mass is 15.2. The van der Waals surface area contributed by atoms with Gasteiger partial charge >= 0.3 is 0 Å². The molecule has 0 amide bonds. The van der Waals surface area contributed by atoms with E-state index in [0.29, 0.717) is 5.92 Å². The molecule has 2 rings (SSSR count). The zero-order chi connectivity index (χ0) is 9.26. The predicted octanol–water partition coefficient (Wildman–Crippen LogP) is 2.02. The van der Waals surface area contributed by atoms with E-state index in [1.165, 1.54) is 25.9 Å². The minimum Gasteiger partial charge on any atom is -0.300 e.